The number of nitrogens with zero attached hydrogens (tertiary/aromatic N) is 1. The second-order valence-corrected chi connectivity index (χ2v) is 8.67. The van der Waals surface area contributed by atoms with Gasteiger partial charge in [0.1, 0.15) is 15.8 Å². The molecule has 8 heteroatoms. The second kappa shape index (κ2) is 14.3. The summed E-state index contributed by atoms with van der Waals surface area (Å²) >= 11 is 3.06. The minimum absolute atomic E-state index is 0. The molecular weight excluding hydrogens is 543 g/mol. The molecule has 0 saturated carbocycles. The molecule has 5 nitrogen and oxygen atoms in total. The molecule has 0 aliphatic carbocycles. The predicted molar refractivity (Wildman–Crippen MR) is 134 cm³/mol. The Morgan fingerprint density at radius 3 is 1.97 bits per heavy atom. The normalized spacial score (nSPS) is 9.85. The number of carbonyl (C=O) groups is 1. The van der Waals surface area contributed by atoms with Crippen LogP contribution in [0.25, 0.3) is 21.7 Å². The molecule has 0 atom stereocenters. The molecule has 0 fully saturated rings. The number of hydrogen-bond donors (Lipinski definition) is 1. The average Bonchev–Trinajstić information content (AvgIpc) is 3.29. The summed E-state index contributed by atoms with van der Waals surface area (Å²) in [5.41, 5.74) is 3.96. The first-order chi connectivity index (χ1) is 16.0. The number of ether oxygens (including phenoxy) is 2. The van der Waals surface area contributed by atoms with E-state index in [0.717, 1.165) is 43.1 Å². The molecule has 173 valence electrons. The van der Waals surface area contributed by atoms with Crippen LogP contribution >= 0.6 is 23.1 Å². The van der Waals surface area contributed by atoms with Gasteiger partial charge < -0.3 is 14.6 Å². The average molecular weight is 567 g/mol. The third-order valence-corrected chi connectivity index (χ3v) is 6.43. The van der Waals surface area contributed by atoms with Crippen LogP contribution in [0.2, 0.25) is 0 Å². The van der Waals surface area contributed by atoms with Crippen LogP contribution in [0.5, 0.6) is 11.5 Å². The summed E-state index contributed by atoms with van der Waals surface area (Å²) in [6, 6.07) is 25.7. The Labute approximate surface area is 233 Å². The van der Waals surface area contributed by atoms with Crippen molar-refractivity contribution >= 4 is 29.1 Å². The van der Waals surface area contributed by atoms with Crippen molar-refractivity contribution in [3.05, 3.63) is 90.7 Å². The van der Waals surface area contributed by atoms with Crippen molar-refractivity contribution in [2.24, 2.45) is 0 Å². The minimum atomic E-state index is -0.800. The fraction of sp³-hybridized carbons (Fsp3) is 0.115. The van der Waals surface area contributed by atoms with Crippen molar-refractivity contribution in [3.63, 3.8) is 0 Å². The number of aliphatic carboxylic acids is 1. The molecule has 3 aromatic carbocycles. The number of carboxylic acid groups (broad SMARTS) is 1. The van der Waals surface area contributed by atoms with Gasteiger partial charge >= 0.3 is 5.97 Å². The van der Waals surface area contributed by atoms with Gasteiger partial charge in [-0.15, -0.1) is 16.9 Å². The summed E-state index contributed by atoms with van der Waals surface area (Å²) < 4.78 is 11.4. The zero-order valence-corrected chi connectivity index (χ0v) is 23.3. The quantitative estimate of drug-likeness (QED) is 0.204. The Hall–Kier alpha value is -2.19. The van der Waals surface area contributed by atoms with Crippen LogP contribution in [0.15, 0.2) is 77.1 Å². The van der Waals surface area contributed by atoms with Crippen molar-refractivity contribution in [3.8, 4) is 33.2 Å². The fourth-order valence-electron chi connectivity index (χ4n) is 2.96. The van der Waals surface area contributed by atoms with E-state index in [0.29, 0.717) is 0 Å². The van der Waals surface area contributed by atoms with Gasteiger partial charge in [0, 0.05) is 44.7 Å². The van der Waals surface area contributed by atoms with Crippen molar-refractivity contribution < 1.29 is 52.1 Å². The summed E-state index contributed by atoms with van der Waals surface area (Å²) in [4.78, 5) is 16.0. The number of rotatable bonds is 7. The van der Waals surface area contributed by atoms with Crippen molar-refractivity contribution in [2.75, 3.05) is 14.2 Å². The SMILES string of the molecule is O=C(O)Cc1cc[c-]cc1.[CH2-]Sc1nc(-c2ccc(OC)cc2)c(-c2ccc(OC)cc2)s1.[Y]. The van der Waals surface area contributed by atoms with Crippen LogP contribution in [0.1, 0.15) is 5.56 Å². The number of thioether (sulfide) groups is 1. The minimum Gasteiger partial charge on any atom is -0.497 e. The Bertz CT molecular complexity index is 1100. The Morgan fingerprint density at radius 2 is 1.50 bits per heavy atom. The van der Waals surface area contributed by atoms with Crippen molar-refractivity contribution in [2.45, 2.75) is 10.8 Å². The maximum Gasteiger partial charge on any atom is 0.305 e. The molecule has 34 heavy (non-hydrogen) atoms. The standard InChI is InChI=1S/C18H16NO2S2.C8H7O2.Y/c1-20-14-8-4-12(5-9-14)16-17(23-18(19-16)22-3)13-6-10-15(21-2)11-7-13;9-8(10)6-7-4-2-1-3-5-7;/h4-11H,3H2,1-2H3;2-5H,6H2,(H,9,10);/q2*-1;. The largest absolute Gasteiger partial charge is 0.497 e. The van der Waals surface area contributed by atoms with E-state index in [1.54, 1.807) is 49.8 Å². The molecule has 0 aliphatic rings. The summed E-state index contributed by atoms with van der Waals surface area (Å²) in [6.45, 7) is 0. The van der Waals surface area contributed by atoms with E-state index >= 15 is 0 Å². The molecule has 0 saturated heterocycles. The fourth-order valence-corrected chi connectivity index (χ4v) is 4.43. The maximum atomic E-state index is 10.2. The molecule has 0 spiro atoms. The summed E-state index contributed by atoms with van der Waals surface area (Å²) in [5.74, 6) is 0.879. The Kier molecular flexibility index (Phi) is 11.8. The molecule has 0 aliphatic heterocycles. The van der Waals surface area contributed by atoms with Crippen LogP contribution in [-0.4, -0.2) is 30.3 Å². The van der Waals surface area contributed by atoms with Crippen LogP contribution in [0.3, 0.4) is 0 Å². The zero-order valence-electron chi connectivity index (χ0n) is 18.9. The number of benzene rings is 3. The van der Waals surface area contributed by atoms with Gasteiger partial charge in [0.25, 0.3) is 0 Å². The van der Waals surface area contributed by atoms with Crippen LogP contribution in [0, 0.1) is 12.3 Å². The molecule has 1 aromatic heterocycles. The first-order valence-electron chi connectivity index (χ1n) is 9.92. The smallest absolute Gasteiger partial charge is 0.305 e. The van der Waals surface area contributed by atoms with Gasteiger partial charge in [-0.25, -0.2) is 4.98 Å². The summed E-state index contributed by atoms with van der Waals surface area (Å²) in [6.07, 6.45) is 3.97. The van der Waals surface area contributed by atoms with Gasteiger partial charge in [0.15, 0.2) is 0 Å². The van der Waals surface area contributed by atoms with E-state index in [2.05, 4.69) is 24.5 Å². The third-order valence-electron chi connectivity index (χ3n) is 4.59. The van der Waals surface area contributed by atoms with E-state index < -0.39 is 5.97 Å². The summed E-state index contributed by atoms with van der Waals surface area (Å²) in [5, 5.41) is 8.36. The van der Waals surface area contributed by atoms with Gasteiger partial charge in [-0.1, -0.05) is 0 Å². The predicted octanol–water partition coefficient (Wildman–Crippen LogP) is 6.49. The van der Waals surface area contributed by atoms with Crippen LogP contribution in [-0.2, 0) is 43.9 Å². The van der Waals surface area contributed by atoms with E-state index in [1.807, 2.05) is 36.4 Å². The van der Waals surface area contributed by atoms with E-state index in [-0.39, 0.29) is 39.1 Å². The monoisotopic (exact) mass is 566 g/mol. The number of thiazole rings is 1. The second-order valence-electron chi connectivity index (χ2n) is 6.74. The van der Waals surface area contributed by atoms with Crippen LogP contribution < -0.4 is 9.47 Å². The molecular formula is C26H23NO4S2Y-2. The number of carboxylic acids is 1. The van der Waals surface area contributed by atoms with E-state index in [1.165, 1.54) is 11.8 Å². The van der Waals surface area contributed by atoms with E-state index in [9.17, 15) is 4.79 Å². The van der Waals surface area contributed by atoms with Gasteiger partial charge in [0.05, 0.1) is 24.8 Å². The van der Waals surface area contributed by atoms with Gasteiger partial charge in [-0.3, -0.25) is 22.8 Å². The van der Waals surface area contributed by atoms with Gasteiger partial charge in [-0.05, 0) is 54.1 Å². The molecule has 0 bridgehead atoms. The molecule has 0 unspecified atom stereocenters. The van der Waals surface area contributed by atoms with Gasteiger partial charge in [-0.2, -0.15) is 30.3 Å². The maximum absolute atomic E-state index is 10.2. The molecule has 4 aromatic rings. The first kappa shape index (κ1) is 28.1. The van der Waals surface area contributed by atoms with Crippen molar-refractivity contribution in [1.29, 1.82) is 0 Å². The number of hydrogen-bond acceptors (Lipinski definition) is 6. The number of methoxy groups -OCH3 is 2. The third kappa shape index (κ3) is 7.95. The summed E-state index contributed by atoms with van der Waals surface area (Å²) in [7, 11) is 3.33. The van der Waals surface area contributed by atoms with Crippen LogP contribution in [0.4, 0.5) is 0 Å². The van der Waals surface area contributed by atoms with E-state index in [4.69, 9.17) is 19.6 Å². The molecule has 0 amide bonds. The molecule has 4 rings (SSSR count). The Balaban J connectivity index is 0.000000314. The zero-order chi connectivity index (χ0) is 23.6. The molecule has 1 radical (unpaired) electrons. The molecule has 1 heterocycles. The van der Waals surface area contributed by atoms with Crippen molar-refractivity contribution in [1.82, 2.24) is 4.98 Å². The first-order valence-corrected chi connectivity index (χ1v) is 11.7. The number of aromatic nitrogens is 1. The topological polar surface area (TPSA) is 68.7 Å². The van der Waals surface area contributed by atoms with Gasteiger partial charge in [0.2, 0.25) is 0 Å². The Morgan fingerprint density at radius 1 is 0.971 bits per heavy atom. The molecule has 1 N–H and O–H groups in total.